The van der Waals surface area contributed by atoms with Gasteiger partial charge in [0.25, 0.3) is 0 Å². The highest BCUT2D eigenvalue weighted by atomic mass is 19.1. The average Bonchev–Trinajstić information content (AvgIpc) is 2.46. The van der Waals surface area contributed by atoms with Crippen LogP contribution in [-0.4, -0.2) is 0 Å². The van der Waals surface area contributed by atoms with Crippen LogP contribution in [0.5, 0.6) is 5.75 Å². The topological polar surface area (TPSA) is 35.2 Å². The zero-order valence-corrected chi connectivity index (χ0v) is 11.7. The predicted molar refractivity (Wildman–Crippen MR) is 80.2 cm³/mol. The van der Waals surface area contributed by atoms with Gasteiger partial charge >= 0.3 is 0 Å². The number of nitrogen functional groups attached to an aromatic ring is 1. The quantitative estimate of drug-likeness (QED) is 0.795. The standard InChI is InChI=1S/C17H20FNO/c1-2-3-5-13-8-10-14(11-9-13)20-12-15-16(18)6-4-7-17(15)19/h4,6-11H,2-3,5,12,19H2,1H3. The van der Waals surface area contributed by atoms with Crippen molar-refractivity contribution in [1.82, 2.24) is 0 Å². The highest BCUT2D eigenvalue weighted by Crippen LogP contribution is 2.20. The number of benzene rings is 2. The summed E-state index contributed by atoms with van der Waals surface area (Å²) in [5.74, 6) is 0.400. The molecule has 0 saturated heterocycles. The van der Waals surface area contributed by atoms with Crippen molar-refractivity contribution in [2.45, 2.75) is 32.8 Å². The van der Waals surface area contributed by atoms with E-state index in [1.165, 1.54) is 24.5 Å². The second-order valence-corrected chi connectivity index (χ2v) is 4.84. The summed E-state index contributed by atoms with van der Waals surface area (Å²) in [6.45, 7) is 2.32. The molecule has 0 atom stereocenters. The lowest BCUT2D eigenvalue weighted by Gasteiger charge is -2.10. The molecule has 0 aliphatic carbocycles. The van der Waals surface area contributed by atoms with Gasteiger partial charge in [-0.15, -0.1) is 0 Å². The number of unbranched alkanes of at least 4 members (excludes halogenated alkanes) is 1. The molecule has 106 valence electrons. The molecule has 0 bridgehead atoms. The Morgan fingerprint density at radius 1 is 1.10 bits per heavy atom. The fourth-order valence-corrected chi connectivity index (χ4v) is 2.02. The van der Waals surface area contributed by atoms with Crippen molar-refractivity contribution in [2.75, 3.05) is 5.73 Å². The van der Waals surface area contributed by atoms with Gasteiger partial charge in [-0.1, -0.05) is 31.5 Å². The number of hydrogen-bond acceptors (Lipinski definition) is 2. The van der Waals surface area contributed by atoms with Gasteiger partial charge in [-0.05, 0) is 42.7 Å². The third-order valence-electron chi connectivity index (χ3n) is 3.28. The van der Waals surface area contributed by atoms with E-state index in [2.05, 4.69) is 19.1 Å². The smallest absolute Gasteiger partial charge is 0.131 e. The molecule has 2 aromatic rings. The zero-order chi connectivity index (χ0) is 14.4. The first-order chi connectivity index (χ1) is 9.70. The summed E-state index contributed by atoms with van der Waals surface area (Å²) in [4.78, 5) is 0. The Kier molecular flexibility index (Phi) is 4.99. The van der Waals surface area contributed by atoms with Crippen LogP contribution < -0.4 is 10.5 Å². The molecule has 0 fully saturated rings. The van der Waals surface area contributed by atoms with Gasteiger partial charge in [0.1, 0.15) is 18.2 Å². The van der Waals surface area contributed by atoms with E-state index in [1.807, 2.05) is 12.1 Å². The van der Waals surface area contributed by atoms with E-state index >= 15 is 0 Å². The second-order valence-electron chi connectivity index (χ2n) is 4.84. The Morgan fingerprint density at radius 3 is 2.50 bits per heavy atom. The average molecular weight is 273 g/mol. The van der Waals surface area contributed by atoms with Crippen molar-refractivity contribution in [2.24, 2.45) is 0 Å². The van der Waals surface area contributed by atoms with Gasteiger partial charge in [0.2, 0.25) is 0 Å². The summed E-state index contributed by atoms with van der Waals surface area (Å²) in [7, 11) is 0. The predicted octanol–water partition coefficient (Wildman–Crippen LogP) is 4.33. The van der Waals surface area contributed by atoms with Crippen molar-refractivity contribution < 1.29 is 9.13 Å². The van der Waals surface area contributed by atoms with E-state index in [9.17, 15) is 4.39 Å². The summed E-state index contributed by atoms with van der Waals surface area (Å²) in [6, 6.07) is 12.6. The first-order valence-electron chi connectivity index (χ1n) is 6.95. The SMILES string of the molecule is CCCCc1ccc(OCc2c(N)cccc2F)cc1. The molecule has 20 heavy (non-hydrogen) atoms. The molecule has 2 rings (SSSR count). The van der Waals surface area contributed by atoms with E-state index in [4.69, 9.17) is 10.5 Å². The van der Waals surface area contributed by atoms with Crippen LogP contribution in [0.4, 0.5) is 10.1 Å². The minimum absolute atomic E-state index is 0.146. The maximum atomic E-state index is 13.6. The number of ether oxygens (including phenoxy) is 1. The van der Waals surface area contributed by atoms with Crippen LogP contribution in [0.1, 0.15) is 30.9 Å². The van der Waals surface area contributed by atoms with Gasteiger partial charge in [-0.25, -0.2) is 4.39 Å². The van der Waals surface area contributed by atoms with Gasteiger partial charge in [0, 0.05) is 11.3 Å². The number of nitrogens with two attached hydrogens (primary N) is 1. The Morgan fingerprint density at radius 2 is 1.85 bits per heavy atom. The zero-order valence-electron chi connectivity index (χ0n) is 11.7. The van der Waals surface area contributed by atoms with Crippen LogP contribution in [0.25, 0.3) is 0 Å². The Bertz CT molecular complexity index is 531. The van der Waals surface area contributed by atoms with E-state index in [-0.39, 0.29) is 12.4 Å². The Labute approximate surface area is 119 Å². The highest BCUT2D eigenvalue weighted by molar-refractivity contribution is 5.47. The van der Waals surface area contributed by atoms with Crippen molar-refractivity contribution in [3.63, 3.8) is 0 Å². The molecule has 3 heteroatoms. The fraction of sp³-hybridized carbons (Fsp3) is 0.294. The molecule has 0 saturated carbocycles. The molecule has 0 amide bonds. The highest BCUT2D eigenvalue weighted by Gasteiger charge is 2.06. The van der Waals surface area contributed by atoms with E-state index < -0.39 is 0 Å². The molecule has 0 aliphatic heterocycles. The Hall–Kier alpha value is -2.03. The van der Waals surface area contributed by atoms with E-state index in [0.717, 1.165) is 12.2 Å². The summed E-state index contributed by atoms with van der Waals surface area (Å²) in [5.41, 5.74) is 7.87. The van der Waals surface area contributed by atoms with Crippen LogP contribution in [0.15, 0.2) is 42.5 Å². The molecule has 0 spiro atoms. The van der Waals surface area contributed by atoms with Gasteiger partial charge in [0.15, 0.2) is 0 Å². The van der Waals surface area contributed by atoms with Gasteiger partial charge in [-0.2, -0.15) is 0 Å². The molecule has 2 nitrogen and oxygen atoms in total. The lowest BCUT2D eigenvalue weighted by atomic mass is 10.1. The van der Waals surface area contributed by atoms with Crippen LogP contribution >= 0.6 is 0 Å². The van der Waals surface area contributed by atoms with Crippen molar-refractivity contribution in [3.8, 4) is 5.75 Å². The number of halogens is 1. The van der Waals surface area contributed by atoms with Crippen LogP contribution in [0, 0.1) is 5.82 Å². The molecule has 0 aromatic heterocycles. The lowest BCUT2D eigenvalue weighted by molar-refractivity contribution is 0.300. The molecule has 0 radical (unpaired) electrons. The van der Waals surface area contributed by atoms with Crippen molar-refractivity contribution in [3.05, 3.63) is 59.4 Å². The second kappa shape index (κ2) is 6.94. The summed E-state index contributed by atoms with van der Waals surface area (Å²) < 4.78 is 19.2. The molecule has 0 unspecified atom stereocenters. The van der Waals surface area contributed by atoms with Crippen molar-refractivity contribution >= 4 is 5.69 Å². The van der Waals surface area contributed by atoms with Gasteiger partial charge in [0.05, 0.1) is 0 Å². The monoisotopic (exact) mass is 273 g/mol. The largest absolute Gasteiger partial charge is 0.489 e. The number of anilines is 1. The molecule has 0 heterocycles. The minimum Gasteiger partial charge on any atom is -0.489 e. The van der Waals surface area contributed by atoms with Crippen LogP contribution in [0.2, 0.25) is 0 Å². The summed E-state index contributed by atoms with van der Waals surface area (Å²) in [5, 5.41) is 0. The third kappa shape index (κ3) is 3.73. The molecule has 2 N–H and O–H groups in total. The third-order valence-corrected chi connectivity index (χ3v) is 3.28. The van der Waals surface area contributed by atoms with Crippen LogP contribution in [0.3, 0.4) is 0 Å². The molecule has 2 aromatic carbocycles. The lowest BCUT2D eigenvalue weighted by Crippen LogP contribution is -2.03. The molecular formula is C17H20FNO. The van der Waals surface area contributed by atoms with Crippen LogP contribution in [-0.2, 0) is 13.0 Å². The maximum absolute atomic E-state index is 13.6. The number of rotatable bonds is 6. The van der Waals surface area contributed by atoms with Gasteiger partial charge in [-0.3, -0.25) is 0 Å². The first-order valence-corrected chi connectivity index (χ1v) is 6.95. The number of aryl methyl sites for hydroxylation is 1. The minimum atomic E-state index is -0.329. The van der Waals surface area contributed by atoms with Crippen molar-refractivity contribution in [1.29, 1.82) is 0 Å². The molecular weight excluding hydrogens is 253 g/mol. The van der Waals surface area contributed by atoms with E-state index in [1.54, 1.807) is 12.1 Å². The Balaban J connectivity index is 1.97. The van der Waals surface area contributed by atoms with E-state index in [0.29, 0.717) is 11.3 Å². The summed E-state index contributed by atoms with van der Waals surface area (Å²) in [6.07, 6.45) is 3.45. The molecule has 0 aliphatic rings. The fourth-order valence-electron chi connectivity index (χ4n) is 2.02. The number of hydrogen-bond donors (Lipinski definition) is 1. The maximum Gasteiger partial charge on any atom is 0.131 e. The normalized spacial score (nSPS) is 10.5. The first kappa shape index (κ1) is 14.4. The van der Waals surface area contributed by atoms with Gasteiger partial charge < -0.3 is 10.5 Å². The summed E-state index contributed by atoms with van der Waals surface area (Å²) >= 11 is 0.